The van der Waals surface area contributed by atoms with Gasteiger partial charge in [0.05, 0.1) is 5.75 Å². The highest BCUT2D eigenvalue weighted by Gasteiger charge is 2.20. The first kappa shape index (κ1) is 18.9. The molecule has 6 heteroatoms. The van der Waals surface area contributed by atoms with Crippen LogP contribution in [0.5, 0.6) is 0 Å². The predicted molar refractivity (Wildman–Crippen MR) is 89.0 cm³/mol. The maximum atomic E-state index is 12.0. The van der Waals surface area contributed by atoms with Crippen molar-refractivity contribution in [2.45, 2.75) is 65.0 Å². The first-order valence-electron chi connectivity index (χ1n) is 8.42. The van der Waals surface area contributed by atoms with Gasteiger partial charge in [0.2, 0.25) is 10.0 Å². The van der Waals surface area contributed by atoms with E-state index in [9.17, 15) is 8.42 Å². The fourth-order valence-corrected chi connectivity index (χ4v) is 3.81. The molecule has 0 heterocycles. The van der Waals surface area contributed by atoms with Gasteiger partial charge in [-0.1, -0.05) is 13.8 Å². The van der Waals surface area contributed by atoms with Crippen LogP contribution in [0.3, 0.4) is 0 Å². The fourth-order valence-electron chi connectivity index (χ4n) is 2.44. The van der Waals surface area contributed by atoms with Crippen LogP contribution >= 0.6 is 0 Å². The van der Waals surface area contributed by atoms with Crippen LogP contribution in [0.25, 0.3) is 0 Å². The molecule has 0 amide bonds. The summed E-state index contributed by atoms with van der Waals surface area (Å²) in [5, 5.41) is 3.34. The number of nitrogens with zero attached hydrogens (tertiary/aromatic N) is 1. The Morgan fingerprint density at radius 3 is 2.43 bits per heavy atom. The monoisotopic (exact) mass is 319 g/mol. The Balaban J connectivity index is 2.10. The molecule has 1 rings (SSSR count). The lowest BCUT2D eigenvalue weighted by molar-refractivity contribution is 0.293. The largest absolute Gasteiger partial charge is 0.314 e. The van der Waals surface area contributed by atoms with Crippen LogP contribution in [0.1, 0.15) is 52.9 Å². The van der Waals surface area contributed by atoms with Gasteiger partial charge in [-0.2, -0.15) is 0 Å². The highest BCUT2D eigenvalue weighted by atomic mass is 32.2. The summed E-state index contributed by atoms with van der Waals surface area (Å²) in [7, 11) is -3.12. The maximum Gasteiger partial charge on any atom is 0.211 e. The van der Waals surface area contributed by atoms with Crippen molar-refractivity contribution >= 4 is 10.0 Å². The third-order valence-electron chi connectivity index (χ3n) is 3.99. The van der Waals surface area contributed by atoms with Crippen molar-refractivity contribution < 1.29 is 8.42 Å². The first-order chi connectivity index (χ1) is 9.96. The maximum absolute atomic E-state index is 12.0. The summed E-state index contributed by atoms with van der Waals surface area (Å²) in [4.78, 5) is 2.37. The Hall–Kier alpha value is -0.170. The minimum Gasteiger partial charge on any atom is -0.314 e. The normalized spacial score (nSPS) is 17.3. The second kappa shape index (κ2) is 9.77. The second-order valence-electron chi connectivity index (χ2n) is 6.09. The summed E-state index contributed by atoms with van der Waals surface area (Å²) in [5.41, 5.74) is 0. The second-order valence-corrected chi connectivity index (χ2v) is 7.96. The van der Waals surface area contributed by atoms with E-state index in [1.807, 2.05) is 6.92 Å². The zero-order valence-electron chi connectivity index (χ0n) is 13.9. The van der Waals surface area contributed by atoms with Gasteiger partial charge in [0.25, 0.3) is 0 Å². The molecule has 1 atom stereocenters. The molecule has 0 aromatic heterocycles. The molecular weight excluding hydrogens is 286 g/mol. The van der Waals surface area contributed by atoms with Crippen LogP contribution < -0.4 is 10.0 Å². The molecule has 0 aromatic rings. The van der Waals surface area contributed by atoms with Crippen LogP contribution in [0.4, 0.5) is 0 Å². The van der Waals surface area contributed by atoms with Crippen molar-refractivity contribution in [1.82, 2.24) is 14.9 Å². The predicted octanol–water partition coefficient (Wildman–Crippen LogP) is 1.56. The summed E-state index contributed by atoms with van der Waals surface area (Å²) < 4.78 is 26.7. The zero-order valence-corrected chi connectivity index (χ0v) is 14.7. The number of rotatable bonds is 13. The number of sulfonamides is 1. The van der Waals surface area contributed by atoms with Crippen molar-refractivity contribution in [2.24, 2.45) is 0 Å². The van der Waals surface area contributed by atoms with E-state index in [2.05, 4.69) is 28.8 Å². The molecule has 0 aromatic carbocycles. The van der Waals surface area contributed by atoms with Gasteiger partial charge in [0, 0.05) is 12.1 Å². The lowest BCUT2D eigenvalue weighted by Gasteiger charge is -2.19. The minimum absolute atomic E-state index is 0.0296. The molecule has 126 valence electrons. The van der Waals surface area contributed by atoms with Crippen LogP contribution in [0.2, 0.25) is 0 Å². The van der Waals surface area contributed by atoms with E-state index < -0.39 is 10.0 Å². The van der Waals surface area contributed by atoms with Crippen LogP contribution in [-0.4, -0.2) is 57.3 Å². The van der Waals surface area contributed by atoms with E-state index in [0.717, 1.165) is 39.0 Å². The highest BCUT2D eigenvalue weighted by Crippen LogP contribution is 2.18. The zero-order chi connectivity index (χ0) is 15.7. The van der Waals surface area contributed by atoms with Gasteiger partial charge in [0.1, 0.15) is 0 Å². The number of hydrogen-bond donors (Lipinski definition) is 2. The van der Waals surface area contributed by atoms with Crippen LogP contribution in [0.15, 0.2) is 0 Å². The summed E-state index contributed by atoms with van der Waals surface area (Å²) in [6.07, 6.45) is 5.12. The summed E-state index contributed by atoms with van der Waals surface area (Å²) in [5.74, 6) is 0.229. The molecule has 21 heavy (non-hydrogen) atoms. The molecule has 1 fully saturated rings. The van der Waals surface area contributed by atoms with Gasteiger partial charge < -0.3 is 10.2 Å². The molecule has 5 nitrogen and oxygen atoms in total. The third kappa shape index (κ3) is 9.45. The molecule has 0 radical (unpaired) electrons. The molecule has 1 aliphatic carbocycles. The van der Waals surface area contributed by atoms with Crippen molar-refractivity contribution in [3.05, 3.63) is 0 Å². The smallest absolute Gasteiger partial charge is 0.211 e. The van der Waals surface area contributed by atoms with Gasteiger partial charge in [0.15, 0.2) is 0 Å². The Labute approximate surface area is 130 Å². The molecule has 1 aliphatic rings. The lowest BCUT2D eigenvalue weighted by Crippen LogP contribution is -2.36. The average molecular weight is 320 g/mol. The van der Waals surface area contributed by atoms with Crippen LogP contribution in [0, 0.1) is 0 Å². The van der Waals surface area contributed by atoms with E-state index in [0.29, 0.717) is 12.5 Å². The highest BCUT2D eigenvalue weighted by molar-refractivity contribution is 7.89. The Morgan fingerprint density at radius 2 is 1.86 bits per heavy atom. The van der Waals surface area contributed by atoms with E-state index in [-0.39, 0.29) is 11.8 Å². The fraction of sp³-hybridized carbons (Fsp3) is 1.00. The molecule has 2 N–H and O–H groups in total. The van der Waals surface area contributed by atoms with Gasteiger partial charge in [-0.25, -0.2) is 13.1 Å². The van der Waals surface area contributed by atoms with Crippen molar-refractivity contribution in [2.75, 3.05) is 31.9 Å². The van der Waals surface area contributed by atoms with Crippen molar-refractivity contribution in [3.8, 4) is 0 Å². The van der Waals surface area contributed by atoms with E-state index in [4.69, 9.17) is 0 Å². The molecule has 0 spiro atoms. The van der Waals surface area contributed by atoms with E-state index in [1.165, 1.54) is 12.8 Å². The Morgan fingerprint density at radius 1 is 1.19 bits per heavy atom. The van der Waals surface area contributed by atoms with Crippen LogP contribution in [-0.2, 0) is 10.0 Å². The summed E-state index contributed by atoms with van der Waals surface area (Å²) in [6.45, 7) is 10.3. The first-order valence-corrected chi connectivity index (χ1v) is 10.1. The summed E-state index contributed by atoms with van der Waals surface area (Å²) >= 11 is 0. The topological polar surface area (TPSA) is 61.4 Å². The quantitative estimate of drug-likeness (QED) is 0.506. The van der Waals surface area contributed by atoms with Gasteiger partial charge in [-0.05, 0) is 65.2 Å². The molecule has 1 unspecified atom stereocenters. The minimum atomic E-state index is -3.12. The van der Waals surface area contributed by atoms with E-state index in [1.54, 1.807) is 0 Å². The molecule has 1 saturated carbocycles. The standard InChI is InChI=1S/C15H33N3O2S/c1-4-18(5-2)12-6-8-14(3)17-21(19,20)13-7-11-16-15-9-10-15/h14-17H,4-13H2,1-3H3. The summed E-state index contributed by atoms with van der Waals surface area (Å²) in [6, 6.07) is 0.682. The Kier molecular flexibility index (Phi) is 8.78. The van der Waals surface area contributed by atoms with Gasteiger partial charge in [-0.3, -0.25) is 0 Å². The SMILES string of the molecule is CCN(CC)CCCC(C)NS(=O)(=O)CCCNC1CC1. The number of hydrogen-bond acceptors (Lipinski definition) is 4. The average Bonchev–Trinajstić information content (AvgIpc) is 3.23. The number of nitrogens with one attached hydrogen (secondary N) is 2. The Bertz CT molecular complexity index is 365. The van der Waals surface area contributed by atoms with Crippen molar-refractivity contribution in [3.63, 3.8) is 0 Å². The molecule has 0 aliphatic heterocycles. The van der Waals surface area contributed by atoms with Crippen molar-refractivity contribution in [1.29, 1.82) is 0 Å². The lowest BCUT2D eigenvalue weighted by atomic mass is 10.2. The van der Waals surface area contributed by atoms with E-state index >= 15 is 0 Å². The molecular formula is C15H33N3O2S. The molecule has 0 bridgehead atoms. The van der Waals surface area contributed by atoms with Gasteiger partial charge in [-0.15, -0.1) is 0 Å². The molecule has 0 saturated heterocycles. The third-order valence-corrected chi connectivity index (χ3v) is 5.57. The van der Waals surface area contributed by atoms with Gasteiger partial charge >= 0.3 is 0 Å².